The summed E-state index contributed by atoms with van der Waals surface area (Å²) in [6, 6.07) is 53.9. The molecule has 10 rings (SSSR count). The van der Waals surface area contributed by atoms with E-state index in [-0.39, 0.29) is 5.41 Å². The normalized spacial score (nSPS) is 14.2. The minimum Gasteiger partial charge on any atom is -0.0912 e. The average Bonchev–Trinajstić information content (AvgIpc) is 3.44. The number of benzene rings is 8. The molecule has 0 aromatic heterocycles. The second-order valence-electron chi connectivity index (χ2n) is 15.3. The Morgan fingerprint density at radius 1 is 0.604 bits per heavy atom. The van der Waals surface area contributed by atoms with Crippen LogP contribution in [0.5, 0.6) is 0 Å². The first-order valence-electron chi connectivity index (χ1n) is 18.8. The molecule has 2 aliphatic rings. The van der Waals surface area contributed by atoms with Crippen LogP contribution in [0.2, 0.25) is 0 Å². The van der Waals surface area contributed by atoms with E-state index in [1.807, 2.05) is 0 Å². The van der Waals surface area contributed by atoms with Crippen molar-refractivity contribution in [2.75, 3.05) is 0 Å². The zero-order valence-electron chi connectivity index (χ0n) is 30.3. The molecule has 0 saturated carbocycles. The van der Waals surface area contributed by atoms with Gasteiger partial charge in [0.25, 0.3) is 0 Å². The largest absolute Gasteiger partial charge is 0.0912 e. The molecule has 53 heavy (non-hydrogen) atoms. The van der Waals surface area contributed by atoms with Crippen molar-refractivity contribution < 1.29 is 0 Å². The third-order valence-electron chi connectivity index (χ3n) is 11.8. The first kappa shape index (κ1) is 31.5. The highest BCUT2D eigenvalue weighted by molar-refractivity contribution is 5.99. The molecule has 0 amide bonds. The first-order valence-corrected chi connectivity index (χ1v) is 18.8. The molecule has 0 unspecified atom stereocenters. The quantitative estimate of drug-likeness (QED) is 0.159. The lowest BCUT2D eigenvalue weighted by Gasteiger charge is -2.24. The molecule has 8 aromatic rings. The molecule has 0 aliphatic heterocycles. The van der Waals surface area contributed by atoms with Gasteiger partial charge in [-0.3, -0.25) is 0 Å². The highest BCUT2D eigenvalue weighted by Gasteiger charge is 2.37. The number of fused-ring (bicyclic) bond motifs is 8. The van der Waals surface area contributed by atoms with Gasteiger partial charge in [-0.1, -0.05) is 166 Å². The van der Waals surface area contributed by atoms with Crippen LogP contribution in [-0.4, -0.2) is 0 Å². The predicted octanol–water partition coefficient (Wildman–Crippen LogP) is 14.5. The van der Waals surface area contributed by atoms with E-state index in [0.717, 1.165) is 24.0 Å². The summed E-state index contributed by atoms with van der Waals surface area (Å²) in [5.41, 5.74) is 16.6. The number of hydrogen-bond donors (Lipinski definition) is 0. The molecular weight excluding hydrogens is 637 g/mol. The summed E-state index contributed by atoms with van der Waals surface area (Å²) in [6.07, 6.45) is 11.3. The SMILES string of the molecule is C=C(/C=C\c1cc(-c2ccc3ccccc3c2)c2c(c1-c1ccc3ccccc3c1)C=CCC2)c1ccc2c(c1)C(C)(C)c1c-2ccc2ccccc12. The molecule has 0 spiro atoms. The van der Waals surface area contributed by atoms with E-state index in [9.17, 15) is 0 Å². The van der Waals surface area contributed by atoms with Gasteiger partial charge in [-0.2, -0.15) is 0 Å². The molecule has 0 fully saturated rings. The molecule has 8 aromatic carbocycles. The molecule has 0 N–H and O–H groups in total. The van der Waals surface area contributed by atoms with E-state index in [1.165, 1.54) is 93.5 Å². The fourth-order valence-corrected chi connectivity index (χ4v) is 9.15. The minimum atomic E-state index is -0.117. The van der Waals surface area contributed by atoms with E-state index in [1.54, 1.807) is 0 Å². The van der Waals surface area contributed by atoms with Crippen LogP contribution < -0.4 is 0 Å². The summed E-state index contributed by atoms with van der Waals surface area (Å²) >= 11 is 0. The molecule has 2 aliphatic carbocycles. The Morgan fingerprint density at radius 2 is 1.25 bits per heavy atom. The van der Waals surface area contributed by atoms with Crippen LogP contribution in [0.25, 0.3) is 83.4 Å². The second kappa shape index (κ2) is 12.2. The summed E-state index contributed by atoms with van der Waals surface area (Å²) in [6.45, 7) is 9.40. The van der Waals surface area contributed by atoms with E-state index in [4.69, 9.17) is 0 Å². The topological polar surface area (TPSA) is 0 Å². The van der Waals surface area contributed by atoms with Gasteiger partial charge in [-0.25, -0.2) is 0 Å². The minimum absolute atomic E-state index is 0.117. The van der Waals surface area contributed by atoms with Crippen molar-refractivity contribution in [3.05, 3.63) is 198 Å². The predicted molar refractivity (Wildman–Crippen MR) is 229 cm³/mol. The molecule has 0 bridgehead atoms. The molecule has 0 saturated heterocycles. The Kier molecular flexibility index (Phi) is 7.24. The van der Waals surface area contributed by atoms with Crippen LogP contribution in [0.4, 0.5) is 0 Å². The Morgan fingerprint density at radius 3 is 2.02 bits per heavy atom. The van der Waals surface area contributed by atoms with Crippen molar-refractivity contribution in [1.82, 2.24) is 0 Å². The van der Waals surface area contributed by atoms with Crippen molar-refractivity contribution in [1.29, 1.82) is 0 Å². The highest BCUT2D eigenvalue weighted by Crippen LogP contribution is 2.52. The fourth-order valence-electron chi connectivity index (χ4n) is 9.15. The van der Waals surface area contributed by atoms with Crippen LogP contribution in [0.1, 0.15) is 53.6 Å². The van der Waals surface area contributed by atoms with Gasteiger partial charge in [-0.05, 0) is 142 Å². The van der Waals surface area contributed by atoms with Gasteiger partial charge >= 0.3 is 0 Å². The van der Waals surface area contributed by atoms with Gasteiger partial charge in [0, 0.05) is 5.41 Å². The van der Waals surface area contributed by atoms with Crippen molar-refractivity contribution >= 4 is 50.0 Å². The zero-order chi connectivity index (χ0) is 35.7. The van der Waals surface area contributed by atoms with Crippen LogP contribution in [0.3, 0.4) is 0 Å². The highest BCUT2D eigenvalue weighted by atomic mass is 14.4. The van der Waals surface area contributed by atoms with Crippen LogP contribution >= 0.6 is 0 Å². The third-order valence-corrected chi connectivity index (χ3v) is 11.8. The monoisotopic (exact) mass is 676 g/mol. The van der Waals surface area contributed by atoms with Crippen LogP contribution in [-0.2, 0) is 11.8 Å². The zero-order valence-corrected chi connectivity index (χ0v) is 30.3. The van der Waals surface area contributed by atoms with E-state index >= 15 is 0 Å². The van der Waals surface area contributed by atoms with Crippen molar-refractivity contribution in [2.24, 2.45) is 0 Å². The molecule has 0 radical (unpaired) electrons. The lowest BCUT2D eigenvalue weighted by atomic mass is 9.79. The summed E-state index contributed by atoms with van der Waals surface area (Å²) in [5.74, 6) is 0. The Bertz CT molecular complexity index is 2870. The first-order chi connectivity index (χ1) is 25.9. The van der Waals surface area contributed by atoms with Gasteiger partial charge in [-0.15, -0.1) is 0 Å². The Hall–Kier alpha value is -6.24. The van der Waals surface area contributed by atoms with Gasteiger partial charge in [0.05, 0.1) is 0 Å². The van der Waals surface area contributed by atoms with Crippen molar-refractivity contribution in [3.8, 4) is 33.4 Å². The summed E-state index contributed by atoms with van der Waals surface area (Å²) < 4.78 is 0. The summed E-state index contributed by atoms with van der Waals surface area (Å²) in [4.78, 5) is 0. The lowest BCUT2D eigenvalue weighted by Crippen LogP contribution is -2.15. The number of rotatable bonds is 5. The third kappa shape index (κ3) is 5.12. The van der Waals surface area contributed by atoms with E-state index in [0.29, 0.717) is 0 Å². The van der Waals surface area contributed by atoms with Gasteiger partial charge in [0.1, 0.15) is 0 Å². The summed E-state index contributed by atoms with van der Waals surface area (Å²) in [7, 11) is 0. The van der Waals surface area contributed by atoms with Gasteiger partial charge < -0.3 is 0 Å². The van der Waals surface area contributed by atoms with Gasteiger partial charge in [0.2, 0.25) is 0 Å². The van der Waals surface area contributed by atoms with Gasteiger partial charge in [0.15, 0.2) is 0 Å². The Balaban J connectivity index is 1.11. The summed E-state index contributed by atoms with van der Waals surface area (Å²) in [5, 5.41) is 7.69. The smallest absolute Gasteiger partial charge is 0.0165 e. The number of hydrogen-bond acceptors (Lipinski definition) is 0. The van der Waals surface area contributed by atoms with Crippen molar-refractivity contribution in [3.63, 3.8) is 0 Å². The van der Waals surface area contributed by atoms with E-state index < -0.39 is 0 Å². The molecule has 0 heteroatoms. The van der Waals surface area contributed by atoms with Crippen LogP contribution in [0, 0.1) is 0 Å². The fraction of sp³-hybridized carbons (Fsp3) is 0.0943. The second-order valence-corrected chi connectivity index (χ2v) is 15.3. The molecule has 0 heterocycles. The average molecular weight is 677 g/mol. The maximum Gasteiger partial charge on any atom is 0.0165 e. The van der Waals surface area contributed by atoms with Crippen molar-refractivity contribution in [2.45, 2.75) is 32.1 Å². The molecule has 0 nitrogen and oxygen atoms in total. The molecular formula is C53H40. The van der Waals surface area contributed by atoms with Crippen LogP contribution in [0.15, 0.2) is 164 Å². The standard InChI is InChI=1S/C53H40/c1-34(38-27-28-46-48-29-26-37-14-8-9-17-44(37)52(48)53(2,3)50(46)33-38)20-21-43-32-49(41-24-22-35-12-4-6-15-39(35)30-41)45-18-10-11-19-47(45)51(43)42-25-23-36-13-5-7-16-40(36)31-42/h4-9,11-17,19-33H,1,10,18H2,2-3H3/b21-20-. The lowest BCUT2D eigenvalue weighted by molar-refractivity contribution is 0.666. The van der Waals surface area contributed by atoms with E-state index in [2.05, 4.69) is 190 Å². The maximum atomic E-state index is 4.66. The Labute approximate surface area is 312 Å². The molecule has 0 atom stereocenters. The maximum absolute atomic E-state index is 4.66. The molecule has 252 valence electrons. The number of allylic oxidation sites excluding steroid dienone is 3.